The van der Waals surface area contributed by atoms with Crippen LogP contribution in [0.5, 0.6) is 0 Å². The van der Waals surface area contributed by atoms with Crippen molar-refractivity contribution >= 4 is 22.4 Å². The lowest BCUT2D eigenvalue weighted by atomic mass is 10.2. The zero-order valence-corrected chi connectivity index (χ0v) is 14.0. The summed E-state index contributed by atoms with van der Waals surface area (Å²) in [4.78, 5) is 18.5. The molecule has 0 bridgehead atoms. The second-order valence-electron chi connectivity index (χ2n) is 5.64. The Morgan fingerprint density at radius 3 is 3.04 bits per heavy atom. The van der Waals surface area contributed by atoms with E-state index in [1.165, 1.54) is 11.3 Å². The number of aryl methyl sites for hydroxylation is 1. The number of nitrogens with two attached hydrogens (primary N) is 1. The maximum absolute atomic E-state index is 12.5. The number of aromatic nitrogens is 4. The maximum Gasteiger partial charge on any atom is 0.223 e. The van der Waals surface area contributed by atoms with Crippen LogP contribution in [0.3, 0.4) is 0 Å². The largest absolute Gasteiger partial charge is 0.377 e. The summed E-state index contributed by atoms with van der Waals surface area (Å²) in [7, 11) is 1.64. The fourth-order valence-corrected chi connectivity index (χ4v) is 3.46. The van der Waals surface area contributed by atoms with E-state index < -0.39 is 0 Å². The molecule has 0 radical (unpaired) electrons. The Morgan fingerprint density at radius 1 is 1.52 bits per heavy atom. The van der Waals surface area contributed by atoms with Crippen LogP contribution in [-0.2, 0) is 29.1 Å². The number of methoxy groups -OCH3 is 1. The molecule has 1 aliphatic rings. The van der Waals surface area contributed by atoms with Gasteiger partial charge in [0.2, 0.25) is 5.91 Å². The van der Waals surface area contributed by atoms with Crippen LogP contribution in [0, 0.1) is 0 Å². The predicted octanol–water partition coefficient (Wildman–Crippen LogP) is 0.999. The van der Waals surface area contributed by atoms with E-state index >= 15 is 0 Å². The van der Waals surface area contributed by atoms with E-state index in [9.17, 15) is 4.79 Å². The molecule has 1 amide bonds. The minimum Gasteiger partial charge on any atom is -0.377 e. The summed E-state index contributed by atoms with van der Waals surface area (Å²) in [6.45, 7) is 3.63. The molecular formula is C14H20N6O2S. The van der Waals surface area contributed by atoms with E-state index in [2.05, 4.69) is 26.7 Å². The van der Waals surface area contributed by atoms with Gasteiger partial charge in [-0.1, -0.05) is 0 Å². The summed E-state index contributed by atoms with van der Waals surface area (Å²) >= 11 is 1.40. The first kappa shape index (κ1) is 15.9. The minimum atomic E-state index is 0.103. The SMILES string of the molecule is COCc1nnc2n1[C@@H](C)CN(C(=O)CCc1csc(N)n1)C2. The van der Waals surface area contributed by atoms with Crippen molar-refractivity contribution < 1.29 is 9.53 Å². The van der Waals surface area contributed by atoms with Gasteiger partial charge in [0.15, 0.2) is 16.8 Å². The molecule has 23 heavy (non-hydrogen) atoms. The van der Waals surface area contributed by atoms with Gasteiger partial charge in [-0.15, -0.1) is 21.5 Å². The van der Waals surface area contributed by atoms with Crippen molar-refractivity contribution in [1.82, 2.24) is 24.6 Å². The smallest absolute Gasteiger partial charge is 0.223 e. The third-order valence-electron chi connectivity index (χ3n) is 3.89. The van der Waals surface area contributed by atoms with Crippen molar-refractivity contribution in [3.63, 3.8) is 0 Å². The van der Waals surface area contributed by atoms with Gasteiger partial charge in [0.25, 0.3) is 0 Å². The van der Waals surface area contributed by atoms with E-state index in [0.29, 0.717) is 37.7 Å². The number of thiazole rings is 1. The monoisotopic (exact) mass is 336 g/mol. The molecule has 1 atom stereocenters. The molecule has 9 heteroatoms. The van der Waals surface area contributed by atoms with Crippen LogP contribution >= 0.6 is 11.3 Å². The highest BCUT2D eigenvalue weighted by molar-refractivity contribution is 7.13. The van der Waals surface area contributed by atoms with Gasteiger partial charge in [0, 0.05) is 25.5 Å². The van der Waals surface area contributed by atoms with Crippen LogP contribution in [0.25, 0.3) is 0 Å². The van der Waals surface area contributed by atoms with Crippen LogP contribution in [-0.4, -0.2) is 44.2 Å². The second-order valence-corrected chi connectivity index (χ2v) is 6.53. The van der Waals surface area contributed by atoms with Crippen molar-refractivity contribution in [3.05, 3.63) is 22.7 Å². The summed E-state index contributed by atoms with van der Waals surface area (Å²) in [6.07, 6.45) is 1.04. The average molecular weight is 336 g/mol. The number of anilines is 1. The first-order chi connectivity index (χ1) is 11.1. The maximum atomic E-state index is 12.5. The van der Waals surface area contributed by atoms with Crippen LogP contribution in [0.4, 0.5) is 5.13 Å². The third kappa shape index (κ3) is 3.35. The van der Waals surface area contributed by atoms with Crippen molar-refractivity contribution in [2.75, 3.05) is 19.4 Å². The minimum absolute atomic E-state index is 0.103. The number of carbonyl (C=O) groups is 1. The molecule has 0 aliphatic carbocycles. The predicted molar refractivity (Wildman–Crippen MR) is 85.7 cm³/mol. The van der Waals surface area contributed by atoms with Crippen LogP contribution in [0.15, 0.2) is 5.38 Å². The number of carbonyl (C=O) groups excluding carboxylic acids is 1. The van der Waals surface area contributed by atoms with E-state index in [1.54, 1.807) is 7.11 Å². The van der Waals surface area contributed by atoms with Crippen LogP contribution in [0.2, 0.25) is 0 Å². The fourth-order valence-electron chi connectivity index (χ4n) is 2.86. The van der Waals surface area contributed by atoms with E-state index in [1.807, 2.05) is 10.3 Å². The Balaban J connectivity index is 1.64. The van der Waals surface area contributed by atoms with Gasteiger partial charge in [-0.3, -0.25) is 4.79 Å². The first-order valence-electron chi connectivity index (χ1n) is 7.47. The van der Waals surface area contributed by atoms with Gasteiger partial charge in [-0.05, 0) is 13.3 Å². The molecule has 2 N–H and O–H groups in total. The summed E-state index contributed by atoms with van der Waals surface area (Å²) in [5.41, 5.74) is 6.48. The summed E-state index contributed by atoms with van der Waals surface area (Å²) in [5.74, 6) is 1.72. The zero-order valence-electron chi connectivity index (χ0n) is 13.2. The van der Waals surface area contributed by atoms with Gasteiger partial charge in [0.1, 0.15) is 6.61 Å². The number of ether oxygens (including phenoxy) is 1. The van der Waals surface area contributed by atoms with E-state index in [0.717, 1.165) is 17.3 Å². The van der Waals surface area contributed by atoms with Gasteiger partial charge in [0.05, 0.1) is 18.3 Å². The third-order valence-corrected chi connectivity index (χ3v) is 4.61. The number of amides is 1. The highest BCUT2D eigenvalue weighted by atomic mass is 32.1. The van der Waals surface area contributed by atoms with Crippen molar-refractivity contribution in [1.29, 1.82) is 0 Å². The Kier molecular flexibility index (Phi) is 4.58. The molecule has 0 aromatic carbocycles. The molecule has 2 aromatic rings. The van der Waals surface area contributed by atoms with Crippen LogP contribution in [0.1, 0.15) is 36.7 Å². The second kappa shape index (κ2) is 6.63. The molecule has 0 unspecified atom stereocenters. The Morgan fingerprint density at radius 2 is 2.35 bits per heavy atom. The Bertz CT molecular complexity index is 697. The molecule has 0 saturated carbocycles. The standard InChI is InChI=1S/C14H20N6O2S/c1-9-5-19(6-11-17-18-12(7-22-2)20(9)11)13(21)4-3-10-8-23-14(15)16-10/h8-9H,3-7H2,1-2H3,(H2,15,16)/t9-/m0/s1. The molecule has 0 spiro atoms. The first-order valence-corrected chi connectivity index (χ1v) is 8.35. The molecule has 3 heterocycles. The zero-order chi connectivity index (χ0) is 16.4. The molecule has 1 aliphatic heterocycles. The van der Waals surface area contributed by atoms with Crippen molar-refractivity contribution in [3.8, 4) is 0 Å². The molecule has 3 rings (SSSR count). The highest BCUT2D eigenvalue weighted by Crippen LogP contribution is 2.23. The van der Waals surface area contributed by atoms with Gasteiger partial charge < -0.3 is 19.9 Å². The Hall–Kier alpha value is -2.00. The number of nitrogens with zero attached hydrogens (tertiary/aromatic N) is 5. The van der Waals surface area contributed by atoms with Gasteiger partial charge in [-0.2, -0.15) is 0 Å². The van der Waals surface area contributed by atoms with Crippen molar-refractivity contribution in [2.45, 2.75) is 39.0 Å². The summed E-state index contributed by atoms with van der Waals surface area (Å²) in [6, 6.07) is 0.137. The lowest BCUT2D eigenvalue weighted by Crippen LogP contribution is -2.40. The fraction of sp³-hybridized carbons (Fsp3) is 0.571. The molecule has 2 aromatic heterocycles. The molecule has 8 nitrogen and oxygen atoms in total. The average Bonchev–Trinajstić information content (AvgIpc) is 3.12. The number of hydrogen-bond acceptors (Lipinski definition) is 7. The number of nitrogen functional groups attached to an aromatic ring is 1. The van der Waals surface area contributed by atoms with E-state index in [-0.39, 0.29) is 11.9 Å². The lowest BCUT2D eigenvalue weighted by Gasteiger charge is -2.32. The van der Waals surface area contributed by atoms with Gasteiger partial charge >= 0.3 is 0 Å². The number of rotatable bonds is 5. The Labute approximate surface area is 138 Å². The quantitative estimate of drug-likeness (QED) is 0.874. The molecule has 0 saturated heterocycles. The van der Waals surface area contributed by atoms with Gasteiger partial charge in [-0.25, -0.2) is 4.98 Å². The van der Waals surface area contributed by atoms with Crippen LogP contribution < -0.4 is 5.73 Å². The topological polar surface area (TPSA) is 99.2 Å². The van der Waals surface area contributed by atoms with Crippen molar-refractivity contribution in [2.24, 2.45) is 0 Å². The highest BCUT2D eigenvalue weighted by Gasteiger charge is 2.28. The van der Waals surface area contributed by atoms with E-state index in [4.69, 9.17) is 10.5 Å². The molecule has 0 fully saturated rings. The normalized spacial score (nSPS) is 17.3. The summed E-state index contributed by atoms with van der Waals surface area (Å²) in [5, 5.41) is 10.8. The molecule has 124 valence electrons. The lowest BCUT2D eigenvalue weighted by molar-refractivity contribution is -0.133. The number of hydrogen-bond donors (Lipinski definition) is 1. The summed E-state index contributed by atoms with van der Waals surface area (Å²) < 4.78 is 7.21. The molecular weight excluding hydrogens is 316 g/mol. The number of fused-ring (bicyclic) bond motifs is 1.